The van der Waals surface area contributed by atoms with Gasteiger partial charge in [-0.15, -0.1) is 0 Å². The molecule has 0 spiro atoms. The first-order chi connectivity index (χ1) is 12.1. The number of carbonyl (C=O) groups is 3. The van der Waals surface area contributed by atoms with E-state index < -0.39 is 17.0 Å². The molecule has 1 aromatic rings. The summed E-state index contributed by atoms with van der Waals surface area (Å²) in [6, 6.07) is 9.01. The minimum absolute atomic E-state index is 0.0533. The fourth-order valence-corrected chi connectivity index (χ4v) is 3.24. The van der Waals surface area contributed by atoms with E-state index in [1.54, 1.807) is 11.8 Å². The summed E-state index contributed by atoms with van der Waals surface area (Å²) in [5, 5.41) is 5.32. The van der Waals surface area contributed by atoms with Gasteiger partial charge in [0.2, 0.25) is 17.7 Å². The molecule has 0 radical (unpaired) electrons. The van der Waals surface area contributed by atoms with Gasteiger partial charge in [-0.05, 0) is 18.9 Å². The van der Waals surface area contributed by atoms with Crippen LogP contribution < -0.4 is 10.6 Å². The number of likely N-dealkylation sites (N-methyl/N-ethyl adjacent to an activating group) is 1. The van der Waals surface area contributed by atoms with Crippen LogP contribution in [0.25, 0.3) is 0 Å². The van der Waals surface area contributed by atoms with Crippen LogP contribution in [-0.2, 0) is 20.8 Å². The molecular weight excluding hydrogens is 330 g/mol. The molecule has 1 aromatic carbocycles. The first-order valence-corrected chi connectivity index (χ1v) is 9.00. The average molecular weight is 359 g/mol. The van der Waals surface area contributed by atoms with E-state index in [1.165, 1.54) is 7.05 Å². The Morgan fingerprint density at radius 1 is 1.19 bits per heavy atom. The summed E-state index contributed by atoms with van der Waals surface area (Å²) < 4.78 is 0. The standard InChI is InChI=1S/C20H29N3O3/c1-14(16(24)21-5)22-17(25)20(13-15-9-7-6-8-10-15)11-12-23(20)18(26)19(2,3)4/h6-10,14H,11-13H2,1-5H3,(H,21,24)(H,22,25)/t14-,20?/m0/s1. The summed E-state index contributed by atoms with van der Waals surface area (Å²) in [7, 11) is 1.53. The molecule has 26 heavy (non-hydrogen) atoms. The molecule has 1 aliphatic rings. The van der Waals surface area contributed by atoms with Crippen molar-refractivity contribution < 1.29 is 14.4 Å². The molecule has 6 nitrogen and oxygen atoms in total. The van der Waals surface area contributed by atoms with E-state index in [1.807, 2.05) is 51.1 Å². The number of nitrogens with one attached hydrogen (secondary N) is 2. The fraction of sp³-hybridized carbons (Fsp3) is 0.550. The van der Waals surface area contributed by atoms with Gasteiger partial charge in [0.15, 0.2) is 0 Å². The van der Waals surface area contributed by atoms with Crippen molar-refractivity contribution in [3.63, 3.8) is 0 Å². The van der Waals surface area contributed by atoms with Gasteiger partial charge in [-0.25, -0.2) is 0 Å². The van der Waals surface area contributed by atoms with Crippen LogP contribution in [0.4, 0.5) is 0 Å². The van der Waals surface area contributed by atoms with Gasteiger partial charge in [0.1, 0.15) is 11.6 Å². The van der Waals surface area contributed by atoms with Gasteiger partial charge in [0.05, 0.1) is 0 Å². The number of hydrogen-bond acceptors (Lipinski definition) is 3. The molecule has 142 valence electrons. The lowest BCUT2D eigenvalue weighted by Gasteiger charge is -2.53. The molecule has 1 aliphatic heterocycles. The van der Waals surface area contributed by atoms with Crippen molar-refractivity contribution in [1.29, 1.82) is 0 Å². The lowest BCUT2D eigenvalue weighted by Crippen LogP contribution is -2.72. The minimum atomic E-state index is -0.950. The van der Waals surface area contributed by atoms with E-state index in [2.05, 4.69) is 10.6 Å². The summed E-state index contributed by atoms with van der Waals surface area (Å²) >= 11 is 0. The average Bonchev–Trinajstić information content (AvgIpc) is 2.57. The molecule has 2 N–H and O–H groups in total. The fourth-order valence-electron chi connectivity index (χ4n) is 3.24. The molecule has 1 fully saturated rings. The molecule has 0 aliphatic carbocycles. The van der Waals surface area contributed by atoms with Crippen LogP contribution in [0, 0.1) is 5.41 Å². The van der Waals surface area contributed by atoms with Crippen LogP contribution >= 0.6 is 0 Å². The smallest absolute Gasteiger partial charge is 0.247 e. The Hall–Kier alpha value is -2.37. The maximum absolute atomic E-state index is 13.1. The highest BCUT2D eigenvalue weighted by molar-refractivity contribution is 5.97. The van der Waals surface area contributed by atoms with Crippen LogP contribution in [0.5, 0.6) is 0 Å². The topological polar surface area (TPSA) is 78.5 Å². The Bertz CT molecular complexity index is 681. The molecule has 0 bridgehead atoms. The Kier molecular flexibility index (Phi) is 5.74. The Balaban J connectivity index is 2.32. The predicted molar refractivity (Wildman–Crippen MR) is 100 cm³/mol. The number of nitrogens with zero attached hydrogens (tertiary/aromatic N) is 1. The SMILES string of the molecule is CNC(=O)[C@H](C)NC(=O)C1(Cc2ccccc2)CCN1C(=O)C(C)(C)C. The largest absolute Gasteiger partial charge is 0.357 e. The predicted octanol–water partition coefficient (Wildman–Crippen LogP) is 1.50. The molecule has 2 atom stereocenters. The quantitative estimate of drug-likeness (QED) is 0.836. The number of rotatable bonds is 5. The second-order valence-electron chi connectivity index (χ2n) is 7.96. The van der Waals surface area contributed by atoms with Gasteiger partial charge in [0, 0.05) is 25.4 Å². The number of hydrogen-bond donors (Lipinski definition) is 2. The van der Waals surface area contributed by atoms with Gasteiger partial charge in [-0.2, -0.15) is 0 Å². The number of benzene rings is 1. The number of carbonyl (C=O) groups excluding carboxylic acids is 3. The first-order valence-electron chi connectivity index (χ1n) is 9.00. The molecule has 0 saturated carbocycles. The Morgan fingerprint density at radius 3 is 2.27 bits per heavy atom. The van der Waals surface area contributed by atoms with Gasteiger partial charge in [-0.1, -0.05) is 51.1 Å². The maximum Gasteiger partial charge on any atom is 0.247 e. The Morgan fingerprint density at radius 2 is 1.81 bits per heavy atom. The molecule has 1 heterocycles. The van der Waals surface area contributed by atoms with Crippen LogP contribution in [0.1, 0.15) is 39.7 Å². The number of likely N-dealkylation sites (tertiary alicyclic amines) is 1. The zero-order valence-electron chi connectivity index (χ0n) is 16.3. The highest BCUT2D eigenvalue weighted by atomic mass is 16.2. The van der Waals surface area contributed by atoms with E-state index in [9.17, 15) is 14.4 Å². The van der Waals surface area contributed by atoms with E-state index in [0.717, 1.165) is 5.56 Å². The minimum Gasteiger partial charge on any atom is -0.357 e. The molecule has 3 amide bonds. The van der Waals surface area contributed by atoms with Crippen LogP contribution in [0.3, 0.4) is 0 Å². The van der Waals surface area contributed by atoms with Crippen molar-refractivity contribution in [3.05, 3.63) is 35.9 Å². The second-order valence-corrected chi connectivity index (χ2v) is 7.96. The highest BCUT2D eigenvalue weighted by Crippen LogP contribution is 2.38. The van der Waals surface area contributed by atoms with E-state index in [-0.39, 0.29) is 17.7 Å². The third-order valence-corrected chi connectivity index (χ3v) is 4.90. The maximum atomic E-state index is 13.1. The Labute approximate surface area is 155 Å². The van der Waals surface area contributed by atoms with E-state index in [4.69, 9.17) is 0 Å². The van der Waals surface area contributed by atoms with Gasteiger partial charge < -0.3 is 15.5 Å². The van der Waals surface area contributed by atoms with Crippen molar-refractivity contribution in [1.82, 2.24) is 15.5 Å². The van der Waals surface area contributed by atoms with Gasteiger partial charge >= 0.3 is 0 Å². The third-order valence-electron chi connectivity index (χ3n) is 4.90. The summed E-state index contributed by atoms with van der Waals surface area (Å²) in [6.07, 6.45) is 1.01. The molecular formula is C20H29N3O3. The van der Waals surface area contributed by atoms with Gasteiger partial charge in [-0.3, -0.25) is 14.4 Å². The van der Waals surface area contributed by atoms with Crippen molar-refractivity contribution in [2.75, 3.05) is 13.6 Å². The normalized spacial score (nSPS) is 20.7. The summed E-state index contributed by atoms with van der Waals surface area (Å²) in [6.45, 7) is 7.75. The lowest BCUT2D eigenvalue weighted by molar-refractivity contribution is -0.165. The van der Waals surface area contributed by atoms with Gasteiger partial charge in [0.25, 0.3) is 0 Å². The van der Waals surface area contributed by atoms with Crippen molar-refractivity contribution in [2.45, 2.75) is 52.1 Å². The third kappa shape index (κ3) is 3.89. The monoisotopic (exact) mass is 359 g/mol. The molecule has 1 saturated heterocycles. The first kappa shape index (κ1) is 19.9. The second kappa shape index (κ2) is 7.48. The van der Waals surface area contributed by atoms with Crippen molar-refractivity contribution in [3.8, 4) is 0 Å². The molecule has 1 unspecified atom stereocenters. The zero-order chi connectivity index (χ0) is 19.5. The molecule has 2 rings (SSSR count). The van der Waals surface area contributed by atoms with E-state index in [0.29, 0.717) is 19.4 Å². The van der Waals surface area contributed by atoms with Crippen LogP contribution in [0.2, 0.25) is 0 Å². The molecule has 6 heteroatoms. The lowest BCUT2D eigenvalue weighted by atomic mass is 9.76. The highest BCUT2D eigenvalue weighted by Gasteiger charge is 2.55. The summed E-state index contributed by atoms with van der Waals surface area (Å²) in [5.74, 6) is -0.593. The summed E-state index contributed by atoms with van der Waals surface area (Å²) in [5.41, 5.74) is -0.537. The number of amides is 3. The zero-order valence-corrected chi connectivity index (χ0v) is 16.3. The van der Waals surface area contributed by atoms with Crippen molar-refractivity contribution >= 4 is 17.7 Å². The molecule has 0 aromatic heterocycles. The van der Waals surface area contributed by atoms with Crippen LogP contribution in [0.15, 0.2) is 30.3 Å². The summed E-state index contributed by atoms with van der Waals surface area (Å²) in [4.78, 5) is 39.5. The van der Waals surface area contributed by atoms with Crippen molar-refractivity contribution in [2.24, 2.45) is 5.41 Å². The van der Waals surface area contributed by atoms with Crippen LogP contribution in [-0.4, -0.2) is 47.8 Å². The van der Waals surface area contributed by atoms with E-state index >= 15 is 0 Å².